The molecule has 0 radical (unpaired) electrons. The van der Waals surface area contributed by atoms with Crippen molar-refractivity contribution >= 4 is 26.8 Å². The van der Waals surface area contributed by atoms with Crippen LogP contribution in [0.3, 0.4) is 0 Å². The molecule has 8 heteroatoms. The highest BCUT2D eigenvalue weighted by Crippen LogP contribution is 2.28. The van der Waals surface area contributed by atoms with E-state index in [0.717, 1.165) is 5.56 Å². The number of rotatable bonds is 5. The number of benzene rings is 2. The molecule has 0 amide bonds. The van der Waals surface area contributed by atoms with Gasteiger partial charge in [-0.1, -0.05) is 0 Å². The summed E-state index contributed by atoms with van der Waals surface area (Å²) in [5.41, 5.74) is 2.58. The van der Waals surface area contributed by atoms with Gasteiger partial charge in [-0.2, -0.15) is 0 Å². The summed E-state index contributed by atoms with van der Waals surface area (Å²) < 4.78 is 40.1. The van der Waals surface area contributed by atoms with Gasteiger partial charge in [-0.25, -0.2) is 13.2 Å². The molecular formula is C18H20N2O5S. The molecule has 7 nitrogen and oxygen atoms in total. The molecule has 0 fully saturated rings. The highest BCUT2D eigenvalue weighted by molar-refractivity contribution is 7.92. The van der Waals surface area contributed by atoms with E-state index in [1.807, 2.05) is 6.92 Å². The summed E-state index contributed by atoms with van der Waals surface area (Å²) in [6.07, 6.45) is 0. The van der Waals surface area contributed by atoms with Gasteiger partial charge < -0.3 is 9.15 Å². The number of nitrogens with one attached hydrogen (secondary N) is 1. The van der Waals surface area contributed by atoms with Crippen LogP contribution in [-0.4, -0.2) is 19.6 Å². The summed E-state index contributed by atoms with van der Waals surface area (Å²) in [6.45, 7) is 5.91. The van der Waals surface area contributed by atoms with Crippen molar-refractivity contribution < 1.29 is 17.6 Å². The highest BCUT2D eigenvalue weighted by Gasteiger charge is 2.20. The summed E-state index contributed by atoms with van der Waals surface area (Å²) in [5.74, 6) is 0.164. The maximum absolute atomic E-state index is 12.8. The molecule has 26 heavy (non-hydrogen) atoms. The first kappa shape index (κ1) is 18.1. The number of fused-ring (bicyclic) bond motifs is 1. The van der Waals surface area contributed by atoms with Crippen LogP contribution in [0.25, 0.3) is 11.1 Å². The van der Waals surface area contributed by atoms with Gasteiger partial charge in [0.25, 0.3) is 10.0 Å². The van der Waals surface area contributed by atoms with E-state index in [0.29, 0.717) is 34.7 Å². The van der Waals surface area contributed by atoms with E-state index in [1.165, 1.54) is 4.57 Å². The van der Waals surface area contributed by atoms with Gasteiger partial charge >= 0.3 is 5.76 Å². The predicted molar refractivity (Wildman–Crippen MR) is 99.3 cm³/mol. The van der Waals surface area contributed by atoms with Crippen molar-refractivity contribution in [2.45, 2.75) is 25.7 Å². The Morgan fingerprint density at radius 2 is 1.88 bits per heavy atom. The second kappa shape index (κ2) is 6.53. The Hall–Kier alpha value is -2.74. The number of ether oxygens (including phenoxy) is 1. The lowest BCUT2D eigenvalue weighted by Crippen LogP contribution is -2.15. The molecule has 1 N–H and O–H groups in total. The zero-order valence-electron chi connectivity index (χ0n) is 15.0. The van der Waals surface area contributed by atoms with Crippen LogP contribution in [0.1, 0.15) is 18.1 Å². The van der Waals surface area contributed by atoms with Gasteiger partial charge in [0, 0.05) is 7.05 Å². The molecule has 0 aliphatic carbocycles. The quantitative estimate of drug-likeness (QED) is 0.739. The van der Waals surface area contributed by atoms with Crippen LogP contribution < -0.4 is 15.2 Å². The Balaban J connectivity index is 2.00. The molecule has 1 heterocycles. The van der Waals surface area contributed by atoms with Crippen molar-refractivity contribution in [2.24, 2.45) is 7.05 Å². The third-order valence-corrected chi connectivity index (χ3v) is 5.63. The molecule has 2 aromatic carbocycles. The first-order chi connectivity index (χ1) is 12.2. The van der Waals surface area contributed by atoms with Crippen LogP contribution in [0, 0.1) is 13.8 Å². The van der Waals surface area contributed by atoms with E-state index in [-0.39, 0.29) is 4.90 Å². The largest absolute Gasteiger partial charge is 0.494 e. The number of aryl methyl sites for hydroxylation is 3. The molecule has 138 valence electrons. The lowest BCUT2D eigenvalue weighted by atomic mass is 10.1. The summed E-state index contributed by atoms with van der Waals surface area (Å²) in [6, 6.07) is 7.99. The first-order valence-corrected chi connectivity index (χ1v) is 9.57. The van der Waals surface area contributed by atoms with Crippen molar-refractivity contribution in [1.29, 1.82) is 0 Å². The van der Waals surface area contributed by atoms with Crippen molar-refractivity contribution in [1.82, 2.24) is 4.57 Å². The number of hydrogen-bond donors (Lipinski definition) is 1. The molecule has 1 aromatic heterocycles. The fraction of sp³-hybridized carbons (Fsp3) is 0.278. The maximum atomic E-state index is 12.8. The lowest BCUT2D eigenvalue weighted by Gasteiger charge is -2.14. The van der Waals surface area contributed by atoms with Crippen molar-refractivity contribution in [3.63, 3.8) is 0 Å². The fourth-order valence-corrected chi connectivity index (χ4v) is 4.13. The van der Waals surface area contributed by atoms with Gasteiger partial charge in [-0.05, 0) is 62.2 Å². The molecule has 0 aliphatic rings. The second-order valence-electron chi connectivity index (χ2n) is 6.03. The third-order valence-electron chi connectivity index (χ3n) is 4.11. The minimum atomic E-state index is -3.80. The van der Waals surface area contributed by atoms with Crippen LogP contribution in [0.15, 0.2) is 44.4 Å². The summed E-state index contributed by atoms with van der Waals surface area (Å²) >= 11 is 0. The molecule has 0 aliphatic heterocycles. The molecule has 3 rings (SSSR count). The van der Waals surface area contributed by atoms with Gasteiger partial charge in [0.15, 0.2) is 5.58 Å². The molecule has 0 atom stereocenters. The Labute approximate surface area is 151 Å². The number of sulfonamides is 1. The summed E-state index contributed by atoms with van der Waals surface area (Å²) in [5, 5.41) is 0. The molecule has 0 bridgehead atoms. The van der Waals surface area contributed by atoms with Gasteiger partial charge in [0.2, 0.25) is 0 Å². The third kappa shape index (κ3) is 3.20. The molecule has 3 aromatic rings. The SMILES string of the molecule is CCOc1cc(C)c(S(=O)(=O)Nc2ccc3oc(=O)n(C)c3c2)cc1C. The number of anilines is 1. The normalized spacial score (nSPS) is 11.7. The van der Waals surface area contributed by atoms with Gasteiger partial charge in [-0.15, -0.1) is 0 Å². The van der Waals surface area contributed by atoms with Crippen LogP contribution in [0.4, 0.5) is 5.69 Å². The van der Waals surface area contributed by atoms with E-state index in [2.05, 4.69) is 4.72 Å². The Morgan fingerprint density at radius 1 is 1.15 bits per heavy atom. The minimum absolute atomic E-state index is 0.180. The first-order valence-electron chi connectivity index (χ1n) is 8.09. The van der Waals surface area contributed by atoms with E-state index in [9.17, 15) is 13.2 Å². The van der Waals surface area contributed by atoms with Crippen molar-refractivity contribution in [3.05, 3.63) is 52.0 Å². The van der Waals surface area contributed by atoms with E-state index >= 15 is 0 Å². The monoisotopic (exact) mass is 376 g/mol. The average Bonchev–Trinajstić information content (AvgIpc) is 2.85. The van der Waals surface area contributed by atoms with E-state index < -0.39 is 15.8 Å². The molecule has 0 spiro atoms. The number of oxazole rings is 1. The molecular weight excluding hydrogens is 356 g/mol. The average molecular weight is 376 g/mol. The predicted octanol–water partition coefficient (Wildman–Crippen LogP) is 2.95. The van der Waals surface area contributed by atoms with Crippen molar-refractivity contribution in [2.75, 3.05) is 11.3 Å². The van der Waals surface area contributed by atoms with Gasteiger partial charge in [-0.3, -0.25) is 9.29 Å². The zero-order valence-corrected chi connectivity index (χ0v) is 15.8. The zero-order chi connectivity index (χ0) is 19.1. The highest BCUT2D eigenvalue weighted by atomic mass is 32.2. The van der Waals surface area contributed by atoms with E-state index in [1.54, 1.807) is 51.2 Å². The summed E-state index contributed by atoms with van der Waals surface area (Å²) in [4.78, 5) is 11.7. The smallest absolute Gasteiger partial charge is 0.419 e. The van der Waals surface area contributed by atoms with Crippen LogP contribution >= 0.6 is 0 Å². The lowest BCUT2D eigenvalue weighted by molar-refractivity contribution is 0.337. The van der Waals surface area contributed by atoms with Gasteiger partial charge in [0.1, 0.15) is 5.75 Å². The molecule has 0 unspecified atom stereocenters. The number of aromatic nitrogens is 1. The topological polar surface area (TPSA) is 90.5 Å². The van der Waals surface area contributed by atoms with E-state index in [4.69, 9.17) is 9.15 Å². The Kier molecular flexibility index (Phi) is 4.53. The van der Waals surface area contributed by atoms with Gasteiger partial charge in [0.05, 0.1) is 22.7 Å². The Morgan fingerprint density at radius 3 is 2.58 bits per heavy atom. The number of nitrogens with zero attached hydrogens (tertiary/aromatic N) is 1. The van der Waals surface area contributed by atoms with Crippen LogP contribution in [0.2, 0.25) is 0 Å². The van der Waals surface area contributed by atoms with Crippen molar-refractivity contribution in [3.8, 4) is 5.75 Å². The van der Waals surface area contributed by atoms with Crippen LogP contribution in [-0.2, 0) is 17.1 Å². The molecule has 0 saturated heterocycles. The molecule has 0 saturated carbocycles. The fourth-order valence-electron chi connectivity index (χ4n) is 2.76. The standard InChI is InChI=1S/C18H20N2O5S/c1-5-24-16-8-12(3)17(9-11(16)2)26(22,23)19-13-6-7-15-14(10-13)20(4)18(21)25-15/h6-10,19H,5H2,1-4H3. The maximum Gasteiger partial charge on any atom is 0.419 e. The Bertz CT molecular complexity index is 1140. The van der Waals surface area contributed by atoms with Crippen LogP contribution in [0.5, 0.6) is 5.75 Å². The second-order valence-corrected chi connectivity index (χ2v) is 7.68. The summed E-state index contributed by atoms with van der Waals surface area (Å²) in [7, 11) is -2.23. The number of hydrogen-bond acceptors (Lipinski definition) is 5. The minimum Gasteiger partial charge on any atom is -0.494 e.